The second-order valence-corrected chi connectivity index (χ2v) is 3.19. The number of hydrogen-bond donors (Lipinski definition) is 2. The Labute approximate surface area is 120 Å². The maximum Gasteiger partial charge on any atom is 0.241 e. The molecule has 0 radical (unpaired) electrons. The first-order valence-electron chi connectivity index (χ1n) is 5.46. The van der Waals surface area contributed by atoms with E-state index in [4.69, 9.17) is 10.5 Å². The third kappa shape index (κ3) is 9.16. The summed E-state index contributed by atoms with van der Waals surface area (Å²) in [6, 6.07) is 0. The number of ether oxygens (including phenoxy) is 1. The fourth-order valence-corrected chi connectivity index (χ4v) is 1.15. The van der Waals surface area contributed by atoms with E-state index in [1.54, 1.807) is 7.11 Å². The highest BCUT2D eigenvalue weighted by atomic mass is 127. The van der Waals surface area contributed by atoms with E-state index in [1.807, 2.05) is 18.7 Å². The summed E-state index contributed by atoms with van der Waals surface area (Å²) >= 11 is 0. The monoisotopic (exact) mass is 358 g/mol. The predicted octanol–water partition coefficient (Wildman–Crippen LogP) is 0.0235. The van der Waals surface area contributed by atoms with Crippen molar-refractivity contribution < 1.29 is 9.53 Å². The molecular weight excluding hydrogens is 335 g/mol. The lowest BCUT2D eigenvalue weighted by atomic mass is 10.5. The minimum atomic E-state index is -0.146. The lowest BCUT2D eigenvalue weighted by Crippen LogP contribution is -2.38. The quantitative estimate of drug-likeness (QED) is 0.291. The SMILES string of the molecule is CCN(CC)C(N)=NCC(=O)NCCOC.I. The number of halogens is 1. The molecule has 0 saturated heterocycles. The highest BCUT2D eigenvalue weighted by Gasteiger charge is 2.03. The zero-order chi connectivity index (χ0) is 12.4. The van der Waals surface area contributed by atoms with E-state index in [0.717, 1.165) is 13.1 Å². The Bertz CT molecular complexity index is 232. The van der Waals surface area contributed by atoms with Crippen molar-refractivity contribution in [2.45, 2.75) is 13.8 Å². The summed E-state index contributed by atoms with van der Waals surface area (Å²) < 4.78 is 4.81. The molecule has 0 aromatic heterocycles. The molecule has 0 atom stereocenters. The normalized spacial score (nSPS) is 10.6. The highest BCUT2D eigenvalue weighted by molar-refractivity contribution is 14.0. The fourth-order valence-electron chi connectivity index (χ4n) is 1.15. The number of rotatable bonds is 7. The van der Waals surface area contributed by atoms with Gasteiger partial charge in [-0.15, -0.1) is 24.0 Å². The third-order valence-corrected chi connectivity index (χ3v) is 2.10. The molecule has 0 aliphatic heterocycles. The lowest BCUT2D eigenvalue weighted by molar-refractivity contribution is -0.119. The summed E-state index contributed by atoms with van der Waals surface area (Å²) in [4.78, 5) is 17.2. The van der Waals surface area contributed by atoms with Gasteiger partial charge in [-0.2, -0.15) is 0 Å². The van der Waals surface area contributed by atoms with E-state index >= 15 is 0 Å². The summed E-state index contributed by atoms with van der Waals surface area (Å²) in [5.41, 5.74) is 5.71. The van der Waals surface area contributed by atoms with Crippen molar-refractivity contribution in [2.24, 2.45) is 10.7 Å². The molecule has 0 saturated carbocycles. The topological polar surface area (TPSA) is 80.0 Å². The lowest BCUT2D eigenvalue weighted by Gasteiger charge is -2.19. The zero-order valence-electron chi connectivity index (χ0n) is 10.7. The number of aliphatic imine (C=N–C) groups is 1. The van der Waals surface area contributed by atoms with E-state index in [9.17, 15) is 4.79 Å². The second kappa shape index (κ2) is 11.9. The Morgan fingerprint density at radius 2 is 2.00 bits per heavy atom. The Morgan fingerprint density at radius 1 is 1.41 bits per heavy atom. The van der Waals surface area contributed by atoms with Crippen LogP contribution in [-0.2, 0) is 9.53 Å². The second-order valence-electron chi connectivity index (χ2n) is 3.19. The van der Waals surface area contributed by atoms with Crippen LogP contribution in [0.4, 0.5) is 0 Å². The minimum absolute atomic E-state index is 0. The van der Waals surface area contributed by atoms with Crippen molar-refractivity contribution in [2.75, 3.05) is 39.9 Å². The van der Waals surface area contributed by atoms with Crippen molar-refractivity contribution in [1.82, 2.24) is 10.2 Å². The molecule has 7 heteroatoms. The molecule has 0 aliphatic rings. The number of carbonyl (C=O) groups excluding carboxylic acids is 1. The van der Waals surface area contributed by atoms with Gasteiger partial charge in [-0.3, -0.25) is 4.79 Å². The molecule has 3 N–H and O–H groups in total. The van der Waals surface area contributed by atoms with E-state index in [1.165, 1.54) is 0 Å². The molecule has 0 fully saturated rings. The van der Waals surface area contributed by atoms with Gasteiger partial charge in [0.05, 0.1) is 6.61 Å². The molecule has 102 valence electrons. The summed E-state index contributed by atoms with van der Waals surface area (Å²) in [6.07, 6.45) is 0. The van der Waals surface area contributed by atoms with Gasteiger partial charge >= 0.3 is 0 Å². The molecular formula is C10H23IN4O2. The van der Waals surface area contributed by atoms with Crippen molar-refractivity contribution in [3.63, 3.8) is 0 Å². The molecule has 0 aromatic carbocycles. The van der Waals surface area contributed by atoms with E-state index in [-0.39, 0.29) is 36.4 Å². The summed E-state index contributed by atoms with van der Waals surface area (Å²) in [6.45, 7) is 6.62. The maximum absolute atomic E-state index is 11.3. The molecule has 0 aromatic rings. The smallest absolute Gasteiger partial charge is 0.241 e. The Balaban J connectivity index is 0. The number of nitrogens with zero attached hydrogens (tertiary/aromatic N) is 2. The summed E-state index contributed by atoms with van der Waals surface area (Å²) in [7, 11) is 1.59. The third-order valence-electron chi connectivity index (χ3n) is 2.10. The van der Waals surface area contributed by atoms with E-state index in [2.05, 4.69) is 10.3 Å². The maximum atomic E-state index is 11.3. The molecule has 0 heterocycles. The molecule has 0 unspecified atom stereocenters. The average Bonchev–Trinajstić information content (AvgIpc) is 2.28. The van der Waals surface area contributed by atoms with Gasteiger partial charge in [0.2, 0.25) is 5.91 Å². The van der Waals surface area contributed by atoms with Crippen LogP contribution in [0.1, 0.15) is 13.8 Å². The number of nitrogens with two attached hydrogens (primary N) is 1. The summed E-state index contributed by atoms with van der Waals surface area (Å²) in [5, 5.41) is 2.67. The van der Waals surface area contributed by atoms with Gasteiger partial charge < -0.3 is 20.7 Å². The van der Waals surface area contributed by atoms with Crippen molar-refractivity contribution in [3.8, 4) is 0 Å². The van der Waals surface area contributed by atoms with Crippen LogP contribution in [0.25, 0.3) is 0 Å². The molecule has 17 heavy (non-hydrogen) atoms. The first-order chi connectivity index (χ1) is 7.65. The van der Waals surface area contributed by atoms with Crippen LogP contribution in [0.5, 0.6) is 0 Å². The number of hydrogen-bond acceptors (Lipinski definition) is 3. The van der Waals surface area contributed by atoms with E-state index < -0.39 is 0 Å². The Hall–Kier alpha value is -0.570. The average molecular weight is 358 g/mol. The molecule has 0 rings (SSSR count). The molecule has 0 bridgehead atoms. The van der Waals surface area contributed by atoms with Gasteiger partial charge in [0, 0.05) is 26.7 Å². The van der Waals surface area contributed by atoms with Crippen molar-refractivity contribution >= 4 is 35.8 Å². The zero-order valence-corrected chi connectivity index (χ0v) is 13.1. The van der Waals surface area contributed by atoms with Gasteiger partial charge in [0.15, 0.2) is 5.96 Å². The first-order valence-corrected chi connectivity index (χ1v) is 5.46. The number of amides is 1. The molecule has 0 spiro atoms. The van der Waals surface area contributed by atoms with Gasteiger partial charge in [-0.1, -0.05) is 0 Å². The van der Waals surface area contributed by atoms with Crippen LogP contribution in [-0.4, -0.2) is 56.7 Å². The van der Waals surface area contributed by atoms with Crippen LogP contribution < -0.4 is 11.1 Å². The van der Waals surface area contributed by atoms with Gasteiger partial charge in [-0.25, -0.2) is 4.99 Å². The van der Waals surface area contributed by atoms with Gasteiger partial charge in [-0.05, 0) is 13.8 Å². The van der Waals surface area contributed by atoms with Crippen LogP contribution in [0, 0.1) is 0 Å². The largest absolute Gasteiger partial charge is 0.383 e. The van der Waals surface area contributed by atoms with Crippen LogP contribution in [0.15, 0.2) is 4.99 Å². The molecule has 6 nitrogen and oxygen atoms in total. The standard InChI is InChI=1S/C10H22N4O2.HI/c1-4-14(5-2)10(11)13-8-9(15)12-6-7-16-3;/h4-8H2,1-3H3,(H2,11,13)(H,12,15);1H. The van der Waals surface area contributed by atoms with Crippen LogP contribution >= 0.6 is 24.0 Å². The number of guanidine groups is 1. The first kappa shape index (κ1) is 18.8. The minimum Gasteiger partial charge on any atom is -0.383 e. The van der Waals surface area contributed by atoms with Crippen molar-refractivity contribution in [1.29, 1.82) is 0 Å². The van der Waals surface area contributed by atoms with Gasteiger partial charge in [0.1, 0.15) is 6.54 Å². The molecule has 0 aliphatic carbocycles. The highest BCUT2D eigenvalue weighted by Crippen LogP contribution is 1.86. The van der Waals surface area contributed by atoms with E-state index in [0.29, 0.717) is 19.1 Å². The Morgan fingerprint density at radius 3 is 2.47 bits per heavy atom. The Kier molecular flexibility index (Phi) is 13.2. The number of methoxy groups -OCH3 is 1. The number of carbonyl (C=O) groups is 1. The van der Waals surface area contributed by atoms with Gasteiger partial charge in [0.25, 0.3) is 0 Å². The van der Waals surface area contributed by atoms with Crippen LogP contribution in [0.2, 0.25) is 0 Å². The fraction of sp³-hybridized carbons (Fsp3) is 0.800. The number of nitrogens with one attached hydrogen (secondary N) is 1. The molecule has 1 amide bonds. The predicted molar refractivity (Wildman–Crippen MR) is 79.7 cm³/mol. The summed E-state index contributed by atoms with van der Waals surface area (Å²) in [5.74, 6) is 0.263. The van der Waals surface area contributed by atoms with Crippen molar-refractivity contribution in [3.05, 3.63) is 0 Å². The van der Waals surface area contributed by atoms with Crippen LogP contribution in [0.3, 0.4) is 0 Å².